The monoisotopic (exact) mass is 225 g/mol. The van der Waals surface area contributed by atoms with Crippen molar-refractivity contribution in [2.45, 2.75) is 18.9 Å². The summed E-state index contributed by atoms with van der Waals surface area (Å²) in [5, 5.41) is 8.35. The van der Waals surface area contributed by atoms with Crippen LogP contribution in [0.15, 0.2) is 0 Å². The zero-order chi connectivity index (χ0) is 11.4. The maximum Gasteiger partial charge on any atom is 0.375 e. The van der Waals surface area contributed by atoms with Crippen molar-refractivity contribution in [3.63, 3.8) is 0 Å². The molecule has 0 aliphatic rings. The minimum absolute atomic E-state index is 0.131. The fourth-order valence-corrected chi connectivity index (χ4v) is 1.10. The Labute approximate surface area is 80.4 Å². The summed E-state index contributed by atoms with van der Waals surface area (Å²) in [6.45, 7) is 0.863. The number of carboxylic acids is 1. The number of hydrogen-bond acceptors (Lipinski definition) is 5. The van der Waals surface area contributed by atoms with Crippen LogP contribution >= 0.6 is 7.60 Å². The average molecular weight is 225 g/mol. The molecule has 0 saturated heterocycles. The highest BCUT2D eigenvalue weighted by atomic mass is 31.2. The van der Waals surface area contributed by atoms with Gasteiger partial charge in [-0.15, -0.1) is 0 Å². The van der Waals surface area contributed by atoms with Gasteiger partial charge in [-0.25, -0.2) is 4.57 Å². The van der Waals surface area contributed by atoms with E-state index in [4.69, 9.17) is 15.7 Å². The molecule has 0 aromatic rings. The van der Waals surface area contributed by atoms with Crippen LogP contribution in [0.3, 0.4) is 0 Å². The standard InChI is InChI=1S/C6H12NO6P/c1-14(11,12)13-5(8)3-2-4(7)6(9)10/h4H,2-3,7H2,1H3,(H,9,10)(H,11,12)/t4-/m0/s1. The predicted molar refractivity (Wildman–Crippen MR) is 46.7 cm³/mol. The van der Waals surface area contributed by atoms with Crippen molar-refractivity contribution in [3.05, 3.63) is 0 Å². The molecule has 0 radical (unpaired) electrons. The first-order valence-electron chi connectivity index (χ1n) is 3.73. The molecule has 0 aromatic carbocycles. The molecule has 2 atom stereocenters. The number of carbonyl (C=O) groups excluding carboxylic acids is 1. The van der Waals surface area contributed by atoms with E-state index in [2.05, 4.69) is 4.52 Å². The second-order valence-electron chi connectivity index (χ2n) is 2.75. The lowest BCUT2D eigenvalue weighted by Gasteiger charge is -2.08. The maximum atomic E-state index is 10.8. The molecule has 0 aliphatic carbocycles. The quantitative estimate of drug-likeness (QED) is 0.540. The van der Waals surface area contributed by atoms with Crippen molar-refractivity contribution in [3.8, 4) is 0 Å². The Kier molecular flexibility index (Phi) is 4.76. The lowest BCUT2D eigenvalue weighted by Crippen LogP contribution is -2.30. The molecule has 7 nitrogen and oxygen atoms in total. The van der Waals surface area contributed by atoms with Crippen LogP contribution < -0.4 is 5.73 Å². The van der Waals surface area contributed by atoms with E-state index < -0.39 is 25.6 Å². The Morgan fingerprint density at radius 1 is 1.57 bits per heavy atom. The molecule has 0 aliphatic heterocycles. The summed E-state index contributed by atoms with van der Waals surface area (Å²) in [4.78, 5) is 29.6. The number of rotatable bonds is 5. The van der Waals surface area contributed by atoms with Gasteiger partial charge in [-0.1, -0.05) is 0 Å². The van der Waals surface area contributed by atoms with Crippen molar-refractivity contribution in [2.75, 3.05) is 6.66 Å². The Balaban J connectivity index is 3.87. The molecule has 4 N–H and O–H groups in total. The van der Waals surface area contributed by atoms with Crippen LogP contribution in [0.2, 0.25) is 0 Å². The molecule has 0 heterocycles. The topological polar surface area (TPSA) is 127 Å². The van der Waals surface area contributed by atoms with Crippen molar-refractivity contribution in [2.24, 2.45) is 5.73 Å². The summed E-state index contributed by atoms with van der Waals surface area (Å²) in [6.07, 6.45) is -0.431. The van der Waals surface area contributed by atoms with Gasteiger partial charge in [-0.3, -0.25) is 9.59 Å². The zero-order valence-electron chi connectivity index (χ0n) is 7.54. The molecular formula is C6H12NO6P. The van der Waals surface area contributed by atoms with Crippen molar-refractivity contribution >= 4 is 19.5 Å². The Hall–Kier alpha value is -0.910. The second kappa shape index (κ2) is 5.09. The summed E-state index contributed by atoms with van der Waals surface area (Å²) < 4.78 is 14.7. The highest BCUT2D eigenvalue weighted by Gasteiger charge is 2.19. The molecule has 0 aromatic heterocycles. The van der Waals surface area contributed by atoms with Gasteiger partial charge < -0.3 is 20.3 Å². The van der Waals surface area contributed by atoms with Gasteiger partial charge >= 0.3 is 19.5 Å². The molecule has 0 spiro atoms. The molecule has 14 heavy (non-hydrogen) atoms. The molecule has 1 unspecified atom stereocenters. The third kappa shape index (κ3) is 6.59. The van der Waals surface area contributed by atoms with Crippen molar-refractivity contribution < 1.29 is 28.7 Å². The number of hydrogen-bond donors (Lipinski definition) is 3. The number of carbonyl (C=O) groups is 2. The zero-order valence-corrected chi connectivity index (χ0v) is 8.44. The largest absolute Gasteiger partial charge is 0.480 e. The minimum Gasteiger partial charge on any atom is -0.480 e. The third-order valence-electron chi connectivity index (χ3n) is 1.25. The Morgan fingerprint density at radius 2 is 2.07 bits per heavy atom. The van der Waals surface area contributed by atoms with E-state index in [1.54, 1.807) is 0 Å². The fourth-order valence-electron chi connectivity index (χ4n) is 0.631. The Morgan fingerprint density at radius 3 is 2.43 bits per heavy atom. The van der Waals surface area contributed by atoms with Gasteiger partial charge in [-0.05, 0) is 6.42 Å². The third-order valence-corrected chi connectivity index (χ3v) is 1.79. The van der Waals surface area contributed by atoms with Gasteiger partial charge in [0.15, 0.2) is 0 Å². The number of carboxylic acid groups (broad SMARTS) is 1. The van der Waals surface area contributed by atoms with Gasteiger partial charge in [0.05, 0.1) is 0 Å². The smallest absolute Gasteiger partial charge is 0.375 e. The molecule has 0 bridgehead atoms. The van der Waals surface area contributed by atoms with Gasteiger partial charge in [0, 0.05) is 13.1 Å². The maximum absolute atomic E-state index is 10.8. The van der Waals surface area contributed by atoms with E-state index >= 15 is 0 Å². The average Bonchev–Trinajstić information content (AvgIpc) is 1.96. The lowest BCUT2D eigenvalue weighted by molar-refractivity contribution is -0.139. The van der Waals surface area contributed by atoms with Crippen LogP contribution in [0, 0.1) is 0 Å². The molecule has 82 valence electrons. The van der Waals surface area contributed by atoms with Crippen LogP contribution in [0.4, 0.5) is 0 Å². The van der Waals surface area contributed by atoms with Gasteiger partial charge in [-0.2, -0.15) is 0 Å². The van der Waals surface area contributed by atoms with E-state index in [1.165, 1.54) is 0 Å². The first-order chi connectivity index (χ1) is 6.22. The van der Waals surface area contributed by atoms with Crippen LogP contribution in [0.1, 0.15) is 12.8 Å². The summed E-state index contributed by atoms with van der Waals surface area (Å²) in [5.41, 5.74) is 5.09. The number of aliphatic carboxylic acids is 1. The van der Waals surface area contributed by atoms with Crippen LogP contribution in [-0.4, -0.2) is 34.6 Å². The van der Waals surface area contributed by atoms with Crippen LogP contribution in [0.25, 0.3) is 0 Å². The van der Waals surface area contributed by atoms with E-state index in [1.807, 2.05) is 0 Å². The molecule has 0 amide bonds. The summed E-state index contributed by atoms with van der Waals surface area (Å²) in [7, 11) is -3.84. The summed E-state index contributed by atoms with van der Waals surface area (Å²) in [5.74, 6) is -2.17. The first kappa shape index (κ1) is 13.1. The van der Waals surface area contributed by atoms with Gasteiger partial charge in [0.1, 0.15) is 6.04 Å². The highest BCUT2D eigenvalue weighted by molar-refractivity contribution is 7.52. The van der Waals surface area contributed by atoms with Crippen molar-refractivity contribution in [1.82, 2.24) is 0 Å². The lowest BCUT2D eigenvalue weighted by atomic mass is 10.2. The first-order valence-corrected chi connectivity index (χ1v) is 5.76. The van der Waals surface area contributed by atoms with E-state index in [0.717, 1.165) is 6.66 Å². The molecule has 0 saturated carbocycles. The SMILES string of the molecule is CP(=O)(O)OC(=O)CC[C@H](N)C(=O)O. The second-order valence-corrected chi connectivity index (χ2v) is 4.54. The molecule has 0 fully saturated rings. The van der Waals surface area contributed by atoms with E-state index in [0.29, 0.717) is 0 Å². The summed E-state index contributed by atoms with van der Waals surface area (Å²) >= 11 is 0. The summed E-state index contributed by atoms with van der Waals surface area (Å²) in [6, 6.07) is -1.17. The van der Waals surface area contributed by atoms with Crippen LogP contribution in [-0.2, 0) is 18.7 Å². The number of nitrogens with two attached hydrogens (primary N) is 1. The fraction of sp³-hybridized carbons (Fsp3) is 0.667. The highest BCUT2D eigenvalue weighted by Crippen LogP contribution is 2.36. The van der Waals surface area contributed by atoms with Gasteiger partial charge in [0.25, 0.3) is 0 Å². The van der Waals surface area contributed by atoms with E-state index in [9.17, 15) is 14.2 Å². The van der Waals surface area contributed by atoms with Crippen molar-refractivity contribution in [1.29, 1.82) is 0 Å². The normalized spacial score (nSPS) is 16.8. The molecular weight excluding hydrogens is 213 g/mol. The van der Waals surface area contributed by atoms with E-state index in [-0.39, 0.29) is 12.8 Å². The van der Waals surface area contributed by atoms with Gasteiger partial charge in [0.2, 0.25) is 0 Å². The predicted octanol–water partition coefficient (Wildman–Crippen LogP) is -0.463. The molecule has 0 rings (SSSR count). The van der Waals surface area contributed by atoms with Crippen LogP contribution in [0.5, 0.6) is 0 Å². The molecule has 8 heteroatoms. The Bertz CT molecular complexity index is 271. The minimum atomic E-state index is -3.84.